The molecule has 1 amide bonds. The second-order valence-corrected chi connectivity index (χ2v) is 10.1. The number of sulfonamides is 1. The van der Waals surface area contributed by atoms with E-state index in [1.807, 2.05) is 13.0 Å². The maximum absolute atomic E-state index is 12.7. The Morgan fingerprint density at radius 2 is 1.75 bits per heavy atom. The fraction of sp³-hybridized carbons (Fsp3) is 0.105. The van der Waals surface area contributed by atoms with Crippen molar-refractivity contribution in [2.45, 2.75) is 6.92 Å². The standard InChI is InChI=1S/C19H17BrN2O4S2/c1-11-16(15-5-3-4-6-17(15)23)10-18(27-11)19(24)21-13-7-12(20)8-14(9-13)22-28(2,25)26/h3-10,22-23H,1-2H3,(H,21,24). The van der Waals surface area contributed by atoms with Gasteiger partial charge in [0.1, 0.15) is 5.75 Å². The van der Waals surface area contributed by atoms with Crippen molar-refractivity contribution >= 4 is 54.6 Å². The summed E-state index contributed by atoms with van der Waals surface area (Å²) in [6, 6.07) is 13.5. The Morgan fingerprint density at radius 3 is 2.43 bits per heavy atom. The maximum atomic E-state index is 12.7. The largest absolute Gasteiger partial charge is 0.507 e. The van der Waals surface area contributed by atoms with Gasteiger partial charge >= 0.3 is 0 Å². The summed E-state index contributed by atoms with van der Waals surface area (Å²) < 4.78 is 25.9. The molecule has 0 atom stereocenters. The smallest absolute Gasteiger partial charge is 0.265 e. The molecule has 0 unspecified atom stereocenters. The van der Waals surface area contributed by atoms with Crippen molar-refractivity contribution in [3.05, 3.63) is 62.8 Å². The Balaban J connectivity index is 1.86. The normalized spacial score (nSPS) is 11.2. The molecule has 0 spiro atoms. The van der Waals surface area contributed by atoms with Crippen LogP contribution >= 0.6 is 27.3 Å². The van der Waals surface area contributed by atoms with Gasteiger partial charge in [0.05, 0.1) is 16.8 Å². The fourth-order valence-corrected chi connectivity index (χ4v) is 4.66. The van der Waals surface area contributed by atoms with E-state index in [4.69, 9.17) is 0 Å². The molecule has 2 aromatic carbocycles. The summed E-state index contributed by atoms with van der Waals surface area (Å²) in [5.41, 5.74) is 2.24. The third-order valence-corrected chi connectivity index (χ3v) is 5.91. The lowest BCUT2D eigenvalue weighted by atomic mass is 10.1. The number of anilines is 2. The predicted octanol–water partition coefficient (Wildman–Crippen LogP) is 4.82. The summed E-state index contributed by atoms with van der Waals surface area (Å²) in [6.45, 7) is 1.89. The SMILES string of the molecule is Cc1sc(C(=O)Nc2cc(Br)cc(NS(C)(=O)=O)c2)cc1-c1ccccc1O. The van der Waals surface area contributed by atoms with Crippen LogP contribution in [0.5, 0.6) is 5.75 Å². The lowest BCUT2D eigenvalue weighted by Crippen LogP contribution is -2.12. The highest BCUT2D eigenvalue weighted by atomic mass is 79.9. The molecule has 0 bridgehead atoms. The number of benzene rings is 2. The first-order valence-corrected chi connectivity index (χ1v) is 11.6. The molecule has 6 nitrogen and oxygen atoms in total. The lowest BCUT2D eigenvalue weighted by Gasteiger charge is -2.09. The number of phenolic OH excluding ortho intramolecular Hbond substituents is 1. The average Bonchev–Trinajstić information content (AvgIpc) is 2.95. The quantitative estimate of drug-likeness (QED) is 0.487. The molecule has 0 radical (unpaired) electrons. The van der Waals surface area contributed by atoms with E-state index in [0.717, 1.165) is 16.7 Å². The summed E-state index contributed by atoms with van der Waals surface area (Å²) in [6.07, 6.45) is 1.06. The van der Waals surface area contributed by atoms with Gasteiger partial charge in [0.25, 0.3) is 5.91 Å². The molecule has 0 fully saturated rings. The van der Waals surface area contributed by atoms with Crippen LogP contribution in [0.2, 0.25) is 0 Å². The molecule has 0 aliphatic heterocycles. The first-order chi connectivity index (χ1) is 13.1. The number of nitrogens with one attached hydrogen (secondary N) is 2. The molecule has 3 rings (SSSR count). The van der Waals surface area contributed by atoms with Crippen LogP contribution in [0.25, 0.3) is 11.1 Å². The van der Waals surface area contributed by atoms with E-state index >= 15 is 0 Å². The number of phenols is 1. The maximum Gasteiger partial charge on any atom is 0.265 e. The van der Waals surface area contributed by atoms with E-state index in [9.17, 15) is 18.3 Å². The highest BCUT2D eigenvalue weighted by Crippen LogP contribution is 2.36. The highest BCUT2D eigenvalue weighted by Gasteiger charge is 2.16. The van der Waals surface area contributed by atoms with Crippen molar-refractivity contribution in [1.82, 2.24) is 0 Å². The molecular formula is C19H17BrN2O4S2. The number of hydrogen-bond acceptors (Lipinski definition) is 5. The molecule has 28 heavy (non-hydrogen) atoms. The van der Waals surface area contributed by atoms with Gasteiger partial charge in [-0.1, -0.05) is 34.1 Å². The second kappa shape index (κ2) is 7.94. The van der Waals surface area contributed by atoms with Gasteiger partial charge in [0.15, 0.2) is 0 Å². The minimum absolute atomic E-state index is 0.152. The van der Waals surface area contributed by atoms with Crippen molar-refractivity contribution in [2.24, 2.45) is 0 Å². The van der Waals surface area contributed by atoms with E-state index in [2.05, 4.69) is 26.0 Å². The molecule has 146 valence electrons. The number of aromatic hydroxyl groups is 1. The zero-order valence-electron chi connectivity index (χ0n) is 15.0. The van der Waals surface area contributed by atoms with Gasteiger partial charge in [-0.05, 0) is 42.8 Å². The van der Waals surface area contributed by atoms with Crippen molar-refractivity contribution in [3.63, 3.8) is 0 Å². The van der Waals surface area contributed by atoms with Gasteiger partial charge in [-0.3, -0.25) is 9.52 Å². The first-order valence-electron chi connectivity index (χ1n) is 8.11. The van der Waals surface area contributed by atoms with Crippen LogP contribution in [-0.4, -0.2) is 25.7 Å². The topological polar surface area (TPSA) is 95.5 Å². The average molecular weight is 481 g/mol. The second-order valence-electron chi connectivity index (χ2n) is 6.15. The highest BCUT2D eigenvalue weighted by molar-refractivity contribution is 9.10. The monoisotopic (exact) mass is 480 g/mol. The van der Waals surface area contributed by atoms with Crippen LogP contribution in [-0.2, 0) is 10.0 Å². The summed E-state index contributed by atoms with van der Waals surface area (Å²) in [7, 11) is -3.43. The summed E-state index contributed by atoms with van der Waals surface area (Å²) in [5, 5.41) is 12.8. The van der Waals surface area contributed by atoms with Crippen LogP contribution in [0, 0.1) is 6.92 Å². The van der Waals surface area contributed by atoms with E-state index in [1.165, 1.54) is 17.4 Å². The molecule has 0 saturated heterocycles. The Labute approximate surface area is 175 Å². The Kier molecular flexibility index (Phi) is 5.78. The minimum atomic E-state index is -3.43. The number of halogens is 1. The predicted molar refractivity (Wildman–Crippen MR) is 117 cm³/mol. The minimum Gasteiger partial charge on any atom is -0.507 e. The summed E-state index contributed by atoms with van der Waals surface area (Å²) >= 11 is 4.63. The van der Waals surface area contributed by atoms with E-state index in [-0.39, 0.29) is 11.7 Å². The number of amides is 1. The number of para-hydroxylation sites is 1. The van der Waals surface area contributed by atoms with Gasteiger partial charge in [-0.25, -0.2) is 8.42 Å². The van der Waals surface area contributed by atoms with Gasteiger partial charge in [-0.15, -0.1) is 11.3 Å². The number of carbonyl (C=O) groups is 1. The molecule has 1 heterocycles. The van der Waals surface area contributed by atoms with E-state index < -0.39 is 10.0 Å². The first kappa shape index (κ1) is 20.4. The van der Waals surface area contributed by atoms with Crippen LogP contribution in [0.3, 0.4) is 0 Å². The van der Waals surface area contributed by atoms with Crippen LogP contribution in [0.1, 0.15) is 14.5 Å². The van der Waals surface area contributed by atoms with Gasteiger partial charge in [0.2, 0.25) is 10.0 Å². The number of thiophene rings is 1. The molecule has 0 saturated carbocycles. The van der Waals surface area contributed by atoms with Crippen LogP contribution in [0.4, 0.5) is 11.4 Å². The number of aryl methyl sites for hydroxylation is 1. The van der Waals surface area contributed by atoms with E-state index in [1.54, 1.807) is 36.4 Å². The third-order valence-electron chi connectivity index (χ3n) is 3.79. The number of hydrogen-bond donors (Lipinski definition) is 3. The zero-order chi connectivity index (χ0) is 20.5. The number of carbonyl (C=O) groups excluding carboxylic acids is 1. The molecule has 3 aromatic rings. The Hall–Kier alpha value is -2.36. The van der Waals surface area contributed by atoms with Crippen molar-refractivity contribution in [2.75, 3.05) is 16.3 Å². The lowest BCUT2D eigenvalue weighted by molar-refractivity contribution is 0.103. The molecular weight excluding hydrogens is 464 g/mol. The summed E-state index contributed by atoms with van der Waals surface area (Å²) in [4.78, 5) is 14.1. The van der Waals surface area contributed by atoms with Gasteiger partial charge in [-0.2, -0.15) is 0 Å². The molecule has 9 heteroatoms. The fourth-order valence-electron chi connectivity index (χ4n) is 2.69. The van der Waals surface area contributed by atoms with Crippen molar-refractivity contribution in [3.8, 4) is 16.9 Å². The molecule has 3 N–H and O–H groups in total. The third kappa shape index (κ3) is 4.92. The zero-order valence-corrected chi connectivity index (χ0v) is 18.2. The van der Waals surface area contributed by atoms with E-state index in [0.29, 0.717) is 26.3 Å². The van der Waals surface area contributed by atoms with Crippen LogP contribution < -0.4 is 10.0 Å². The molecule has 0 aliphatic rings. The number of rotatable bonds is 5. The molecule has 1 aromatic heterocycles. The van der Waals surface area contributed by atoms with Crippen molar-refractivity contribution in [1.29, 1.82) is 0 Å². The molecule has 0 aliphatic carbocycles. The van der Waals surface area contributed by atoms with Crippen molar-refractivity contribution < 1.29 is 18.3 Å². The summed E-state index contributed by atoms with van der Waals surface area (Å²) in [5.74, 6) is -0.169. The van der Waals surface area contributed by atoms with Gasteiger partial charge in [0, 0.05) is 20.6 Å². The van der Waals surface area contributed by atoms with Gasteiger partial charge < -0.3 is 10.4 Å². The Morgan fingerprint density at radius 1 is 1.07 bits per heavy atom. The Bertz CT molecular complexity index is 1160. The van der Waals surface area contributed by atoms with Crippen LogP contribution in [0.15, 0.2) is 53.0 Å².